The maximum Gasteiger partial charge on any atom is 0.418 e. The minimum atomic E-state index is -4.34. The van der Waals surface area contributed by atoms with Crippen molar-refractivity contribution >= 4 is 5.69 Å². The number of nitrogens with one attached hydrogen (secondary N) is 1. The van der Waals surface area contributed by atoms with E-state index in [1.54, 1.807) is 6.07 Å². The second-order valence-electron chi connectivity index (χ2n) is 5.41. The Kier molecular flexibility index (Phi) is 4.91. The molecule has 1 aromatic rings. The van der Waals surface area contributed by atoms with E-state index < -0.39 is 11.7 Å². The summed E-state index contributed by atoms with van der Waals surface area (Å²) in [6, 6.07) is 5.54. The molecule has 2 rings (SSSR count). The van der Waals surface area contributed by atoms with Crippen molar-refractivity contribution in [3.63, 3.8) is 0 Å². The zero-order valence-corrected chi connectivity index (χ0v) is 11.3. The maximum atomic E-state index is 12.9. The van der Waals surface area contributed by atoms with Crippen molar-refractivity contribution in [3.8, 4) is 0 Å². The first-order valence-electron chi connectivity index (χ1n) is 7.03. The standard InChI is InChI=1S/C15H20F3NO/c16-15(17,18)13-7-3-4-8-14(13)19-9-11-5-1-2-6-12(11)10-20/h3-4,7-8,11-12,19-20H,1-2,5-6,9-10H2. The molecule has 1 fully saturated rings. The Morgan fingerprint density at radius 2 is 1.75 bits per heavy atom. The first-order valence-corrected chi connectivity index (χ1v) is 7.03. The number of halogens is 3. The molecule has 0 amide bonds. The van der Waals surface area contributed by atoms with Crippen molar-refractivity contribution in [1.82, 2.24) is 0 Å². The van der Waals surface area contributed by atoms with Gasteiger partial charge in [-0.25, -0.2) is 0 Å². The van der Waals surface area contributed by atoms with Gasteiger partial charge in [0, 0.05) is 18.8 Å². The lowest BCUT2D eigenvalue weighted by molar-refractivity contribution is -0.137. The molecule has 0 aliphatic heterocycles. The second-order valence-corrected chi connectivity index (χ2v) is 5.41. The summed E-state index contributed by atoms with van der Waals surface area (Å²) in [7, 11) is 0. The van der Waals surface area contributed by atoms with Crippen LogP contribution in [0.15, 0.2) is 24.3 Å². The molecule has 0 spiro atoms. The fourth-order valence-electron chi connectivity index (χ4n) is 2.92. The monoisotopic (exact) mass is 287 g/mol. The first kappa shape index (κ1) is 15.2. The third kappa shape index (κ3) is 3.66. The van der Waals surface area contributed by atoms with Gasteiger partial charge in [0.25, 0.3) is 0 Å². The molecule has 112 valence electrons. The molecular weight excluding hydrogens is 267 g/mol. The maximum absolute atomic E-state index is 12.9. The minimum Gasteiger partial charge on any atom is -0.396 e. The van der Waals surface area contributed by atoms with Crippen LogP contribution >= 0.6 is 0 Å². The van der Waals surface area contributed by atoms with Crippen LogP contribution in [0, 0.1) is 11.8 Å². The number of hydrogen-bond donors (Lipinski definition) is 2. The SMILES string of the molecule is OCC1CCCCC1CNc1ccccc1C(F)(F)F. The van der Waals surface area contributed by atoms with E-state index in [9.17, 15) is 18.3 Å². The van der Waals surface area contributed by atoms with Crippen molar-refractivity contribution in [2.45, 2.75) is 31.9 Å². The number of alkyl halides is 3. The average molecular weight is 287 g/mol. The van der Waals surface area contributed by atoms with E-state index in [1.165, 1.54) is 12.1 Å². The Bertz CT molecular complexity index is 433. The second kappa shape index (κ2) is 6.48. The molecule has 5 heteroatoms. The number of benzene rings is 1. The highest BCUT2D eigenvalue weighted by Gasteiger charge is 2.33. The molecule has 0 bridgehead atoms. The van der Waals surface area contributed by atoms with Crippen LogP contribution < -0.4 is 5.32 Å². The van der Waals surface area contributed by atoms with Gasteiger partial charge in [-0.15, -0.1) is 0 Å². The number of anilines is 1. The lowest BCUT2D eigenvalue weighted by Gasteiger charge is -2.31. The molecule has 1 aliphatic rings. The molecular formula is C15H20F3NO. The average Bonchev–Trinajstić information content (AvgIpc) is 2.44. The summed E-state index contributed by atoms with van der Waals surface area (Å²) in [5.74, 6) is 0.448. The van der Waals surface area contributed by atoms with Crippen molar-refractivity contribution < 1.29 is 18.3 Å². The molecule has 20 heavy (non-hydrogen) atoms. The van der Waals surface area contributed by atoms with Crippen LogP contribution in [0.2, 0.25) is 0 Å². The molecule has 1 saturated carbocycles. The number of rotatable bonds is 4. The van der Waals surface area contributed by atoms with Gasteiger partial charge in [-0.3, -0.25) is 0 Å². The van der Waals surface area contributed by atoms with Crippen molar-refractivity contribution in [2.75, 3.05) is 18.5 Å². The van der Waals surface area contributed by atoms with E-state index >= 15 is 0 Å². The summed E-state index contributed by atoms with van der Waals surface area (Å²) in [6.07, 6.45) is -0.229. The number of aliphatic hydroxyl groups is 1. The van der Waals surface area contributed by atoms with E-state index in [1.807, 2.05) is 0 Å². The summed E-state index contributed by atoms with van der Waals surface area (Å²) in [4.78, 5) is 0. The van der Waals surface area contributed by atoms with Gasteiger partial charge in [0.15, 0.2) is 0 Å². The van der Waals surface area contributed by atoms with Gasteiger partial charge in [-0.1, -0.05) is 25.0 Å². The van der Waals surface area contributed by atoms with Gasteiger partial charge in [-0.2, -0.15) is 13.2 Å². The van der Waals surface area contributed by atoms with Gasteiger partial charge in [0.1, 0.15) is 0 Å². The van der Waals surface area contributed by atoms with E-state index in [2.05, 4.69) is 5.32 Å². The fraction of sp³-hybridized carbons (Fsp3) is 0.600. The summed E-state index contributed by atoms with van der Waals surface area (Å²) >= 11 is 0. The van der Waals surface area contributed by atoms with Crippen LogP contribution in [0.3, 0.4) is 0 Å². The van der Waals surface area contributed by atoms with Crippen LogP contribution in [-0.2, 0) is 6.18 Å². The normalized spacial score (nSPS) is 23.6. The summed E-state index contributed by atoms with van der Waals surface area (Å²) in [5, 5.41) is 12.3. The Labute approximate surface area is 117 Å². The van der Waals surface area contributed by atoms with Crippen LogP contribution in [0.25, 0.3) is 0 Å². The number of para-hydroxylation sites is 1. The number of hydrogen-bond acceptors (Lipinski definition) is 2. The third-order valence-corrected chi connectivity index (χ3v) is 4.09. The highest BCUT2D eigenvalue weighted by molar-refractivity contribution is 5.52. The fourth-order valence-corrected chi connectivity index (χ4v) is 2.92. The van der Waals surface area contributed by atoms with Crippen LogP contribution in [0.4, 0.5) is 18.9 Å². The molecule has 1 aromatic carbocycles. The quantitative estimate of drug-likeness (QED) is 0.880. The van der Waals surface area contributed by atoms with Crippen LogP contribution in [0.1, 0.15) is 31.2 Å². The Balaban J connectivity index is 2.03. The lowest BCUT2D eigenvalue weighted by Crippen LogP contribution is -2.29. The van der Waals surface area contributed by atoms with Crippen molar-refractivity contribution in [1.29, 1.82) is 0 Å². The largest absolute Gasteiger partial charge is 0.418 e. The Hall–Kier alpha value is -1.23. The predicted molar refractivity (Wildman–Crippen MR) is 72.5 cm³/mol. The molecule has 2 atom stereocenters. The van der Waals surface area contributed by atoms with Gasteiger partial charge in [-0.05, 0) is 36.8 Å². The zero-order chi connectivity index (χ0) is 14.6. The zero-order valence-electron chi connectivity index (χ0n) is 11.3. The van der Waals surface area contributed by atoms with Crippen molar-refractivity contribution in [3.05, 3.63) is 29.8 Å². The van der Waals surface area contributed by atoms with Gasteiger partial charge in [0.2, 0.25) is 0 Å². The predicted octanol–water partition coefficient (Wildman–Crippen LogP) is 3.92. The van der Waals surface area contributed by atoms with Gasteiger partial charge in [0.05, 0.1) is 5.56 Å². The lowest BCUT2D eigenvalue weighted by atomic mass is 9.79. The van der Waals surface area contributed by atoms with Crippen molar-refractivity contribution in [2.24, 2.45) is 11.8 Å². The highest BCUT2D eigenvalue weighted by Crippen LogP contribution is 2.35. The molecule has 2 unspecified atom stereocenters. The highest BCUT2D eigenvalue weighted by atomic mass is 19.4. The number of aliphatic hydroxyl groups excluding tert-OH is 1. The van der Waals surface area contributed by atoms with E-state index in [-0.39, 0.29) is 24.1 Å². The Morgan fingerprint density at radius 1 is 1.10 bits per heavy atom. The van der Waals surface area contributed by atoms with Crippen LogP contribution in [-0.4, -0.2) is 18.3 Å². The molecule has 0 radical (unpaired) electrons. The summed E-state index contributed by atoms with van der Waals surface area (Å²) in [5.41, 5.74) is -0.501. The first-order chi connectivity index (χ1) is 9.52. The van der Waals surface area contributed by atoms with E-state index in [0.717, 1.165) is 31.7 Å². The molecule has 2 N–H and O–H groups in total. The Morgan fingerprint density at radius 3 is 2.40 bits per heavy atom. The topological polar surface area (TPSA) is 32.3 Å². The van der Waals surface area contributed by atoms with E-state index in [0.29, 0.717) is 6.54 Å². The molecule has 0 saturated heterocycles. The molecule has 0 heterocycles. The van der Waals surface area contributed by atoms with Crippen LogP contribution in [0.5, 0.6) is 0 Å². The van der Waals surface area contributed by atoms with Gasteiger partial charge >= 0.3 is 6.18 Å². The van der Waals surface area contributed by atoms with Gasteiger partial charge < -0.3 is 10.4 Å². The smallest absolute Gasteiger partial charge is 0.396 e. The molecule has 1 aliphatic carbocycles. The third-order valence-electron chi connectivity index (χ3n) is 4.09. The molecule has 0 aromatic heterocycles. The van der Waals surface area contributed by atoms with E-state index in [4.69, 9.17) is 0 Å². The summed E-state index contributed by atoms with van der Waals surface area (Å²) < 4.78 is 38.6. The molecule has 2 nitrogen and oxygen atoms in total. The summed E-state index contributed by atoms with van der Waals surface area (Å²) in [6.45, 7) is 0.603. The minimum absolute atomic E-state index is 0.118.